The van der Waals surface area contributed by atoms with E-state index >= 15 is 0 Å². The number of piperidine rings is 1. The Morgan fingerprint density at radius 1 is 1.30 bits per heavy atom. The molecule has 0 aliphatic carbocycles. The second-order valence-corrected chi connectivity index (χ2v) is 8.34. The number of carbonyl (C=O) groups is 1. The van der Waals surface area contributed by atoms with Gasteiger partial charge < -0.3 is 15.5 Å². The third-order valence-electron chi connectivity index (χ3n) is 5.90. The summed E-state index contributed by atoms with van der Waals surface area (Å²) in [4.78, 5) is 18.4. The van der Waals surface area contributed by atoms with Crippen LogP contribution in [0, 0.1) is 5.92 Å². The van der Waals surface area contributed by atoms with Gasteiger partial charge in [0.2, 0.25) is 5.67 Å². The third-order valence-corrected chi connectivity index (χ3v) is 5.90. The first-order chi connectivity index (χ1) is 14.2. The molecule has 3 heterocycles. The van der Waals surface area contributed by atoms with Crippen LogP contribution in [0.25, 0.3) is 10.9 Å². The van der Waals surface area contributed by atoms with Crippen LogP contribution in [-0.2, 0) is 11.0 Å². The zero-order valence-electron chi connectivity index (χ0n) is 16.6. The molecule has 0 radical (unpaired) electrons. The summed E-state index contributed by atoms with van der Waals surface area (Å²) in [6.07, 6.45) is -2.33. The number of pyridine rings is 1. The molecular formula is C21H24F4N4O. The smallest absolute Gasteiger partial charge is 0.369 e. The molecule has 0 spiro atoms. The van der Waals surface area contributed by atoms with Gasteiger partial charge in [-0.3, -0.25) is 9.78 Å². The van der Waals surface area contributed by atoms with Crippen molar-refractivity contribution in [1.82, 2.24) is 15.6 Å². The number of anilines is 1. The highest BCUT2D eigenvalue weighted by atomic mass is 19.4. The fourth-order valence-corrected chi connectivity index (χ4v) is 4.48. The van der Waals surface area contributed by atoms with Crippen molar-refractivity contribution in [2.24, 2.45) is 5.92 Å². The summed E-state index contributed by atoms with van der Waals surface area (Å²) in [5, 5.41) is 6.10. The second kappa shape index (κ2) is 7.68. The van der Waals surface area contributed by atoms with Crippen LogP contribution in [-0.4, -0.2) is 48.8 Å². The van der Waals surface area contributed by atoms with Crippen LogP contribution in [0.2, 0.25) is 0 Å². The molecule has 2 aliphatic heterocycles. The number of aromatic nitrogens is 1. The summed E-state index contributed by atoms with van der Waals surface area (Å²) in [6, 6.07) is 5.46. The van der Waals surface area contributed by atoms with E-state index in [9.17, 15) is 22.4 Å². The van der Waals surface area contributed by atoms with Crippen LogP contribution in [0.15, 0.2) is 30.5 Å². The van der Waals surface area contributed by atoms with Crippen LogP contribution < -0.4 is 15.5 Å². The number of nitrogens with zero attached hydrogens (tertiary/aromatic N) is 2. The SMILES string of the molecule is C[C@H]1CC(NC(=O)C2(F)CCNC2)CN(c2ccc(C(F)(F)F)c3ncccc23)C1. The van der Waals surface area contributed by atoms with Gasteiger partial charge in [-0.25, -0.2) is 4.39 Å². The molecule has 2 aliphatic rings. The summed E-state index contributed by atoms with van der Waals surface area (Å²) in [5.74, 6) is -0.444. The largest absolute Gasteiger partial charge is 0.418 e. The molecule has 4 rings (SSSR count). The molecule has 2 saturated heterocycles. The Morgan fingerprint density at radius 2 is 2.10 bits per heavy atom. The van der Waals surface area contributed by atoms with E-state index < -0.39 is 23.3 Å². The summed E-state index contributed by atoms with van der Waals surface area (Å²) in [7, 11) is 0. The van der Waals surface area contributed by atoms with Crippen molar-refractivity contribution in [3.8, 4) is 0 Å². The van der Waals surface area contributed by atoms with Gasteiger partial charge in [-0.1, -0.05) is 6.92 Å². The molecule has 1 aromatic heterocycles. The Balaban J connectivity index is 1.61. The summed E-state index contributed by atoms with van der Waals surface area (Å²) in [5.41, 5.74) is -2.14. The number of fused-ring (bicyclic) bond motifs is 1. The van der Waals surface area contributed by atoms with Gasteiger partial charge >= 0.3 is 6.18 Å². The average Bonchev–Trinajstić information content (AvgIpc) is 3.14. The first-order valence-electron chi connectivity index (χ1n) is 10.1. The number of hydrogen-bond donors (Lipinski definition) is 2. The van der Waals surface area contributed by atoms with Crippen molar-refractivity contribution in [3.63, 3.8) is 0 Å². The monoisotopic (exact) mass is 424 g/mol. The number of benzene rings is 1. The molecule has 0 saturated carbocycles. The van der Waals surface area contributed by atoms with E-state index in [-0.39, 0.29) is 30.4 Å². The molecule has 5 nitrogen and oxygen atoms in total. The number of hydrogen-bond acceptors (Lipinski definition) is 4. The van der Waals surface area contributed by atoms with E-state index in [1.807, 2.05) is 11.8 Å². The minimum Gasteiger partial charge on any atom is -0.369 e. The van der Waals surface area contributed by atoms with Gasteiger partial charge in [0, 0.05) is 49.4 Å². The quantitative estimate of drug-likeness (QED) is 0.743. The lowest BCUT2D eigenvalue weighted by Crippen LogP contribution is -2.55. The highest BCUT2D eigenvalue weighted by Crippen LogP contribution is 2.38. The maximum Gasteiger partial charge on any atom is 0.418 e. The Bertz CT molecular complexity index is 942. The highest BCUT2D eigenvalue weighted by molar-refractivity contribution is 5.94. The molecule has 1 amide bonds. The molecule has 2 N–H and O–H groups in total. The standard InChI is InChI=1S/C21H24F4N4O/c1-13-9-14(28-19(30)20(22)6-8-26-12-20)11-29(10-13)17-5-4-16(21(23,24)25)18-15(17)3-2-7-27-18/h2-5,7,13-14,26H,6,8-12H2,1H3,(H,28,30)/t13-,14?,20?/m0/s1. The van der Waals surface area contributed by atoms with Crippen molar-refractivity contribution < 1.29 is 22.4 Å². The van der Waals surface area contributed by atoms with Gasteiger partial charge in [-0.2, -0.15) is 13.2 Å². The number of amides is 1. The molecule has 3 atom stereocenters. The van der Waals surface area contributed by atoms with Crippen LogP contribution in [0.1, 0.15) is 25.3 Å². The molecule has 9 heteroatoms. The van der Waals surface area contributed by atoms with Crippen LogP contribution in [0.5, 0.6) is 0 Å². The number of carbonyl (C=O) groups excluding carboxylic acids is 1. The van der Waals surface area contributed by atoms with E-state index in [1.54, 1.807) is 12.1 Å². The fraction of sp³-hybridized carbons (Fsp3) is 0.524. The molecule has 1 aromatic carbocycles. The highest BCUT2D eigenvalue weighted by Gasteiger charge is 2.43. The zero-order valence-corrected chi connectivity index (χ0v) is 16.6. The molecule has 2 fully saturated rings. The average molecular weight is 424 g/mol. The van der Waals surface area contributed by atoms with E-state index in [0.717, 1.165) is 6.07 Å². The minimum atomic E-state index is -4.50. The Labute approximate surface area is 171 Å². The molecule has 2 aromatic rings. The lowest BCUT2D eigenvalue weighted by molar-refractivity contribution is -0.136. The molecular weight excluding hydrogens is 400 g/mol. The van der Waals surface area contributed by atoms with Gasteiger partial charge in [0.1, 0.15) is 0 Å². The van der Waals surface area contributed by atoms with Crippen LogP contribution >= 0.6 is 0 Å². The Hall–Kier alpha value is -2.42. The normalized spacial score (nSPS) is 27.4. The number of rotatable bonds is 3. The van der Waals surface area contributed by atoms with E-state index in [4.69, 9.17) is 0 Å². The van der Waals surface area contributed by atoms with Gasteiger partial charge in [0.25, 0.3) is 5.91 Å². The topological polar surface area (TPSA) is 57.3 Å². The predicted molar refractivity (Wildman–Crippen MR) is 106 cm³/mol. The van der Waals surface area contributed by atoms with Gasteiger partial charge in [0.15, 0.2) is 0 Å². The van der Waals surface area contributed by atoms with E-state index in [1.165, 1.54) is 12.3 Å². The number of alkyl halides is 4. The molecule has 2 unspecified atom stereocenters. The van der Waals surface area contributed by atoms with Crippen molar-refractivity contribution in [2.45, 2.75) is 37.7 Å². The van der Waals surface area contributed by atoms with Crippen molar-refractivity contribution in [1.29, 1.82) is 0 Å². The molecule has 0 bridgehead atoms. The Morgan fingerprint density at radius 3 is 2.80 bits per heavy atom. The fourth-order valence-electron chi connectivity index (χ4n) is 4.48. The molecule has 30 heavy (non-hydrogen) atoms. The summed E-state index contributed by atoms with van der Waals surface area (Å²) in [6.45, 7) is 3.50. The van der Waals surface area contributed by atoms with Crippen molar-refractivity contribution >= 4 is 22.5 Å². The number of nitrogens with one attached hydrogen (secondary N) is 2. The lowest BCUT2D eigenvalue weighted by Gasteiger charge is -2.39. The van der Waals surface area contributed by atoms with Gasteiger partial charge in [-0.05, 0) is 43.1 Å². The summed E-state index contributed by atoms with van der Waals surface area (Å²) < 4.78 is 54.9. The molecule has 162 valence electrons. The maximum absolute atomic E-state index is 14.7. The predicted octanol–water partition coefficient (Wildman–Crippen LogP) is 3.29. The maximum atomic E-state index is 14.7. The Kier molecular flexibility index (Phi) is 5.34. The van der Waals surface area contributed by atoms with Crippen LogP contribution in [0.3, 0.4) is 0 Å². The van der Waals surface area contributed by atoms with Gasteiger partial charge in [0.05, 0.1) is 11.1 Å². The first kappa shape index (κ1) is 20.8. The first-order valence-corrected chi connectivity index (χ1v) is 10.1. The summed E-state index contributed by atoms with van der Waals surface area (Å²) >= 11 is 0. The van der Waals surface area contributed by atoms with E-state index in [2.05, 4.69) is 15.6 Å². The van der Waals surface area contributed by atoms with E-state index in [0.29, 0.717) is 37.1 Å². The van der Waals surface area contributed by atoms with Crippen LogP contribution in [0.4, 0.5) is 23.2 Å². The van der Waals surface area contributed by atoms with Crippen molar-refractivity contribution in [2.75, 3.05) is 31.1 Å². The van der Waals surface area contributed by atoms with Gasteiger partial charge in [-0.15, -0.1) is 0 Å². The lowest BCUT2D eigenvalue weighted by atomic mass is 9.93. The second-order valence-electron chi connectivity index (χ2n) is 8.34. The minimum absolute atomic E-state index is 0.0000324. The zero-order chi connectivity index (χ0) is 21.5. The van der Waals surface area contributed by atoms with Crippen molar-refractivity contribution in [3.05, 3.63) is 36.0 Å². The number of halogens is 4. The third kappa shape index (κ3) is 3.95.